The number of carbonyl (C=O) groups excluding carboxylic acids is 3. The molecule has 4 amide bonds. The lowest BCUT2D eigenvalue weighted by atomic mass is 9.90. The molecular formula is C20H21ClFN5O4. The summed E-state index contributed by atoms with van der Waals surface area (Å²) in [6, 6.07) is 3.66. The number of nitrogens with one attached hydrogen (secondary N) is 2. The van der Waals surface area contributed by atoms with E-state index in [1.165, 1.54) is 18.4 Å². The van der Waals surface area contributed by atoms with Gasteiger partial charge in [-0.25, -0.2) is 14.2 Å². The van der Waals surface area contributed by atoms with Crippen LogP contribution >= 0.6 is 11.6 Å². The summed E-state index contributed by atoms with van der Waals surface area (Å²) in [6.45, 7) is 3.33. The van der Waals surface area contributed by atoms with Gasteiger partial charge in [-0.3, -0.25) is 14.9 Å². The maximum atomic E-state index is 13.7. The highest BCUT2D eigenvalue weighted by atomic mass is 35.5. The van der Waals surface area contributed by atoms with E-state index in [2.05, 4.69) is 15.6 Å². The van der Waals surface area contributed by atoms with E-state index in [0.717, 1.165) is 6.39 Å². The van der Waals surface area contributed by atoms with Crippen molar-refractivity contribution in [1.29, 1.82) is 0 Å². The van der Waals surface area contributed by atoms with Gasteiger partial charge in [0, 0.05) is 42.8 Å². The fraction of sp³-hybridized carbons (Fsp3) is 0.400. The smallest absolute Gasteiger partial charge is 0.322 e. The van der Waals surface area contributed by atoms with Crippen LogP contribution in [0.25, 0.3) is 0 Å². The van der Waals surface area contributed by atoms with Gasteiger partial charge in [-0.2, -0.15) is 0 Å². The molecule has 9 nitrogen and oxygen atoms in total. The van der Waals surface area contributed by atoms with Crippen LogP contribution in [-0.2, 0) is 15.1 Å². The number of urea groups is 1. The van der Waals surface area contributed by atoms with Crippen molar-refractivity contribution in [2.75, 3.05) is 24.5 Å². The maximum Gasteiger partial charge on any atom is 0.322 e. The van der Waals surface area contributed by atoms with Gasteiger partial charge in [-0.15, -0.1) is 0 Å². The van der Waals surface area contributed by atoms with Crippen molar-refractivity contribution < 1.29 is 23.2 Å². The molecule has 1 aromatic carbocycles. The molecule has 2 atom stereocenters. The summed E-state index contributed by atoms with van der Waals surface area (Å²) in [6.07, 6.45) is 2.51. The molecule has 2 aliphatic rings. The number of benzene rings is 1. The van der Waals surface area contributed by atoms with E-state index in [9.17, 15) is 18.8 Å². The monoisotopic (exact) mass is 449 g/mol. The number of aromatic nitrogens is 1. The Kier molecular flexibility index (Phi) is 5.57. The number of nitrogens with zero attached hydrogens (tertiary/aromatic N) is 3. The van der Waals surface area contributed by atoms with Crippen LogP contribution in [0.2, 0.25) is 5.02 Å². The number of oxazole rings is 1. The first-order valence-electron chi connectivity index (χ1n) is 9.81. The van der Waals surface area contributed by atoms with Crippen molar-refractivity contribution in [3.63, 3.8) is 0 Å². The van der Waals surface area contributed by atoms with E-state index in [-0.39, 0.29) is 30.5 Å². The molecule has 2 N–H and O–H groups in total. The first-order valence-corrected chi connectivity index (χ1v) is 10.2. The molecule has 0 bridgehead atoms. The summed E-state index contributed by atoms with van der Waals surface area (Å²) in [4.78, 5) is 44.8. The Morgan fingerprint density at radius 3 is 2.77 bits per heavy atom. The first kappa shape index (κ1) is 21.1. The molecule has 11 heteroatoms. The summed E-state index contributed by atoms with van der Waals surface area (Å²) < 4.78 is 18.7. The van der Waals surface area contributed by atoms with Gasteiger partial charge in [0.25, 0.3) is 5.91 Å². The summed E-state index contributed by atoms with van der Waals surface area (Å²) >= 11 is 5.97. The van der Waals surface area contributed by atoms with Gasteiger partial charge in [0.2, 0.25) is 5.91 Å². The van der Waals surface area contributed by atoms with Crippen LogP contribution in [-0.4, -0.2) is 53.4 Å². The highest BCUT2D eigenvalue weighted by Gasteiger charge is 2.49. The van der Waals surface area contributed by atoms with Crippen molar-refractivity contribution >= 4 is 35.1 Å². The summed E-state index contributed by atoms with van der Waals surface area (Å²) in [7, 11) is 0. The SMILES string of the molecule is C[C@H]1CN(C(=O)CCC2(c3cocn3)NC(=O)NC2=O)CCN1c1cc(F)cc(Cl)c1. The van der Waals surface area contributed by atoms with E-state index in [1.54, 1.807) is 11.0 Å². The molecule has 164 valence electrons. The second-order valence-electron chi connectivity index (χ2n) is 7.70. The summed E-state index contributed by atoms with van der Waals surface area (Å²) in [5, 5.41) is 5.09. The van der Waals surface area contributed by atoms with Gasteiger partial charge in [-0.1, -0.05) is 11.6 Å². The molecule has 2 fully saturated rings. The number of hydrogen-bond acceptors (Lipinski definition) is 6. The average Bonchev–Trinajstić information content (AvgIpc) is 3.33. The lowest BCUT2D eigenvalue weighted by Crippen LogP contribution is -2.54. The van der Waals surface area contributed by atoms with Crippen molar-refractivity contribution in [2.24, 2.45) is 0 Å². The van der Waals surface area contributed by atoms with Crippen molar-refractivity contribution in [1.82, 2.24) is 20.5 Å². The number of carbonyl (C=O) groups is 3. The Balaban J connectivity index is 1.42. The third-order valence-electron chi connectivity index (χ3n) is 5.68. The highest BCUT2D eigenvalue weighted by molar-refractivity contribution is 6.30. The molecule has 2 aliphatic heterocycles. The number of hydrogen-bond donors (Lipinski definition) is 2. The number of imide groups is 1. The fourth-order valence-corrected chi connectivity index (χ4v) is 4.34. The lowest BCUT2D eigenvalue weighted by molar-refractivity contribution is -0.133. The zero-order valence-corrected chi connectivity index (χ0v) is 17.5. The molecule has 0 spiro atoms. The van der Waals surface area contributed by atoms with Crippen molar-refractivity contribution in [2.45, 2.75) is 31.3 Å². The predicted octanol–water partition coefficient (Wildman–Crippen LogP) is 2.02. The quantitative estimate of drug-likeness (QED) is 0.676. The second kappa shape index (κ2) is 8.18. The molecule has 1 unspecified atom stereocenters. The molecule has 2 saturated heterocycles. The molecule has 0 saturated carbocycles. The van der Waals surface area contributed by atoms with Crippen LogP contribution in [0.5, 0.6) is 0 Å². The Bertz CT molecular complexity index is 997. The zero-order valence-electron chi connectivity index (χ0n) is 16.7. The van der Waals surface area contributed by atoms with Gasteiger partial charge < -0.3 is 19.5 Å². The predicted molar refractivity (Wildman–Crippen MR) is 109 cm³/mol. The van der Waals surface area contributed by atoms with E-state index < -0.39 is 23.3 Å². The number of amides is 4. The van der Waals surface area contributed by atoms with E-state index in [0.29, 0.717) is 30.3 Å². The van der Waals surface area contributed by atoms with Gasteiger partial charge >= 0.3 is 6.03 Å². The standard InChI is InChI=1S/C20H21ClFN5O4/c1-12-9-26(4-5-27(12)15-7-13(21)6-14(22)8-15)17(28)2-3-20(16-10-31-11-23-16)18(29)24-19(30)25-20/h6-8,10-12H,2-5,9H2,1H3,(H2,24,25,29,30)/t12-,20?/m0/s1. The number of halogens is 2. The van der Waals surface area contributed by atoms with E-state index in [4.69, 9.17) is 16.0 Å². The minimum absolute atomic E-state index is 0.0269. The molecule has 3 heterocycles. The molecular weight excluding hydrogens is 429 g/mol. The number of anilines is 1. The number of piperazine rings is 1. The normalized spacial score (nSPS) is 23.6. The van der Waals surface area contributed by atoms with Gasteiger partial charge in [0.15, 0.2) is 11.9 Å². The minimum atomic E-state index is -1.44. The molecule has 0 aliphatic carbocycles. The summed E-state index contributed by atoms with van der Waals surface area (Å²) in [5.74, 6) is -1.13. The molecule has 1 aromatic heterocycles. The Hall–Kier alpha value is -3.14. The minimum Gasteiger partial charge on any atom is -0.451 e. The Labute approximate surface area is 182 Å². The topological polar surface area (TPSA) is 108 Å². The van der Waals surface area contributed by atoms with Crippen LogP contribution in [0, 0.1) is 5.82 Å². The average molecular weight is 450 g/mol. The fourth-order valence-electron chi connectivity index (χ4n) is 4.12. The van der Waals surface area contributed by atoms with Crippen LogP contribution in [0.3, 0.4) is 0 Å². The van der Waals surface area contributed by atoms with Crippen LogP contribution in [0.4, 0.5) is 14.9 Å². The lowest BCUT2D eigenvalue weighted by Gasteiger charge is -2.41. The van der Waals surface area contributed by atoms with Crippen LogP contribution < -0.4 is 15.5 Å². The van der Waals surface area contributed by atoms with E-state index in [1.807, 2.05) is 11.8 Å². The van der Waals surface area contributed by atoms with Crippen LogP contribution in [0.15, 0.2) is 35.3 Å². The van der Waals surface area contributed by atoms with Gasteiger partial charge in [0.1, 0.15) is 17.8 Å². The Morgan fingerprint density at radius 1 is 1.35 bits per heavy atom. The van der Waals surface area contributed by atoms with Crippen molar-refractivity contribution in [3.8, 4) is 0 Å². The maximum absolute atomic E-state index is 13.7. The molecule has 31 heavy (non-hydrogen) atoms. The number of rotatable bonds is 5. The largest absolute Gasteiger partial charge is 0.451 e. The highest BCUT2D eigenvalue weighted by Crippen LogP contribution is 2.30. The molecule has 0 radical (unpaired) electrons. The molecule has 2 aromatic rings. The van der Waals surface area contributed by atoms with Gasteiger partial charge in [-0.05, 0) is 31.5 Å². The molecule has 4 rings (SSSR count). The van der Waals surface area contributed by atoms with Crippen LogP contribution in [0.1, 0.15) is 25.5 Å². The third-order valence-corrected chi connectivity index (χ3v) is 5.90. The zero-order chi connectivity index (χ0) is 22.2. The third kappa shape index (κ3) is 4.07. The van der Waals surface area contributed by atoms with Crippen molar-refractivity contribution in [3.05, 3.63) is 47.4 Å². The van der Waals surface area contributed by atoms with Gasteiger partial charge in [0.05, 0.1) is 0 Å². The second-order valence-corrected chi connectivity index (χ2v) is 8.13. The van der Waals surface area contributed by atoms with E-state index >= 15 is 0 Å². The first-order chi connectivity index (χ1) is 14.8. The summed E-state index contributed by atoms with van der Waals surface area (Å²) in [5.41, 5.74) is -0.532. The Morgan fingerprint density at radius 2 is 2.16 bits per heavy atom.